The Kier molecular flexibility index (Phi) is 5.13. The Balaban J connectivity index is 2.08. The fourth-order valence-corrected chi connectivity index (χ4v) is 2.02. The van der Waals surface area contributed by atoms with E-state index < -0.39 is 0 Å². The van der Waals surface area contributed by atoms with Crippen LogP contribution in [-0.2, 0) is 13.2 Å². The lowest BCUT2D eigenvalue weighted by Gasteiger charge is -2.13. The van der Waals surface area contributed by atoms with Crippen molar-refractivity contribution in [2.75, 3.05) is 6.54 Å². The molecule has 0 bridgehead atoms. The van der Waals surface area contributed by atoms with E-state index in [0.29, 0.717) is 12.4 Å². The summed E-state index contributed by atoms with van der Waals surface area (Å²) in [4.78, 5) is 0. The molecule has 0 aromatic heterocycles. The highest BCUT2D eigenvalue weighted by Crippen LogP contribution is 2.21. The maximum atomic E-state index is 13.2. The molecule has 2 rings (SSSR count). The number of rotatable bonds is 6. The minimum atomic E-state index is -0.272. The quantitative estimate of drug-likeness (QED) is 0.864. The first-order chi connectivity index (χ1) is 9.70. The van der Waals surface area contributed by atoms with E-state index >= 15 is 0 Å². The fraction of sp³-hybridized carbons (Fsp3) is 0.294. The summed E-state index contributed by atoms with van der Waals surface area (Å²) in [5, 5.41) is 3.31. The summed E-state index contributed by atoms with van der Waals surface area (Å²) >= 11 is 0. The van der Waals surface area contributed by atoms with Crippen molar-refractivity contribution in [1.82, 2.24) is 5.32 Å². The molecule has 2 aromatic carbocycles. The zero-order valence-corrected chi connectivity index (χ0v) is 11.9. The highest BCUT2D eigenvalue weighted by Gasteiger charge is 2.05. The number of halogens is 1. The molecule has 0 fully saturated rings. The normalized spacial score (nSPS) is 10.6. The van der Waals surface area contributed by atoms with E-state index in [2.05, 4.69) is 18.3 Å². The molecule has 0 saturated heterocycles. The fourth-order valence-electron chi connectivity index (χ4n) is 2.02. The Bertz CT molecular complexity index is 569. The number of ether oxygens (including phenoxy) is 1. The van der Waals surface area contributed by atoms with E-state index in [1.807, 2.05) is 25.1 Å². The standard InChI is InChI=1S/C17H20FNO/c1-3-19-11-14-6-4-5-7-15(14)12-20-17-10-16(18)9-8-13(17)2/h4-10,19H,3,11-12H2,1-2H3. The summed E-state index contributed by atoms with van der Waals surface area (Å²) in [6.45, 7) is 6.19. The first-order valence-electron chi connectivity index (χ1n) is 6.87. The topological polar surface area (TPSA) is 21.3 Å². The van der Waals surface area contributed by atoms with Gasteiger partial charge in [-0.1, -0.05) is 37.3 Å². The van der Waals surface area contributed by atoms with Gasteiger partial charge in [-0.25, -0.2) is 4.39 Å². The van der Waals surface area contributed by atoms with Crippen molar-refractivity contribution in [3.63, 3.8) is 0 Å². The number of hydrogen-bond donors (Lipinski definition) is 1. The number of aryl methyl sites for hydroxylation is 1. The van der Waals surface area contributed by atoms with E-state index in [0.717, 1.165) is 24.2 Å². The molecule has 0 aliphatic rings. The van der Waals surface area contributed by atoms with Crippen LogP contribution < -0.4 is 10.1 Å². The van der Waals surface area contributed by atoms with Crippen LogP contribution in [-0.4, -0.2) is 6.54 Å². The minimum Gasteiger partial charge on any atom is -0.489 e. The molecule has 0 heterocycles. The molecule has 20 heavy (non-hydrogen) atoms. The molecule has 1 N–H and O–H groups in total. The molecular weight excluding hydrogens is 253 g/mol. The lowest BCUT2D eigenvalue weighted by atomic mass is 10.1. The molecule has 0 amide bonds. The van der Waals surface area contributed by atoms with Gasteiger partial charge in [-0.2, -0.15) is 0 Å². The van der Waals surface area contributed by atoms with Gasteiger partial charge in [-0.05, 0) is 36.2 Å². The van der Waals surface area contributed by atoms with Gasteiger partial charge >= 0.3 is 0 Å². The number of hydrogen-bond acceptors (Lipinski definition) is 2. The highest BCUT2D eigenvalue weighted by atomic mass is 19.1. The van der Waals surface area contributed by atoms with Gasteiger partial charge in [0.1, 0.15) is 18.2 Å². The van der Waals surface area contributed by atoms with Crippen molar-refractivity contribution in [2.45, 2.75) is 27.0 Å². The summed E-state index contributed by atoms with van der Waals surface area (Å²) in [6.07, 6.45) is 0. The van der Waals surface area contributed by atoms with Crippen LogP contribution in [0.2, 0.25) is 0 Å². The van der Waals surface area contributed by atoms with Gasteiger partial charge < -0.3 is 10.1 Å². The highest BCUT2D eigenvalue weighted by molar-refractivity contribution is 5.33. The summed E-state index contributed by atoms with van der Waals surface area (Å²) in [7, 11) is 0. The van der Waals surface area contributed by atoms with E-state index in [4.69, 9.17) is 4.74 Å². The second-order valence-corrected chi connectivity index (χ2v) is 4.75. The van der Waals surface area contributed by atoms with Gasteiger partial charge in [0.05, 0.1) is 0 Å². The Morgan fingerprint density at radius 2 is 1.85 bits per heavy atom. The van der Waals surface area contributed by atoms with Crippen molar-refractivity contribution in [3.05, 3.63) is 65.0 Å². The van der Waals surface area contributed by atoms with Crippen LogP contribution in [0.15, 0.2) is 42.5 Å². The van der Waals surface area contributed by atoms with Gasteiger partial charge in [0.25, 0.3) is 0 Å². The average Bonchev–Trinajstić information content (AvgIpc) is 2.47. The molecule has 2 aromatic rings. The predicted octanol–water partition coefficient (Wildman–Crippen LogP) is 3.82. The van der Waals surface area contributed by atoms with E-state index in [1.165, 1.54) is 17.7 Å². The van der Waals surface area contributed by atoms with Crippen LogP contribution >= 0.6 is 0 Å². The van der Waals surface area contributed by atoms with Crippen LogP contribution in [0.5, 0.6) is 5.75 Å². The zero-order valence-electron chi connectivity index (χ0n) is 11.9. The first-order valence-corrected chi connectivity index (χ1v) is 6.87. The lowest BCUT2D eigenvalue weighted by molar-refractivity contribution is 0.301. The third kappa shape index (κ3) is 3.81. The summed E-state index contributed by atoms with van der Waals surface area (Å²) in [5.74, 6) is 0.329. The minimum absolute atomic E-state index is 0.272. The molecule has 0 atom stereocenters. The van der Waals surface area contributed by atoms with Crippen LogP contribution in [0.1, 0.15) is 23.6 Å². The van der Waals surface area contributed by atoms with Crippen LogP contribution in [0.3, 0.4) is 0 Å². The zero-order chi connectivity index (χ0) is 14.4. The van der Waals surface area contributed by atoms with Crippen LogP contribution in [0.4, 0.5) is 4.39 Å². The maximum Gasteiger partial charge on any atom is 0.126 e. The summed E-state index contributed by atoms with van der Waals surface area (Å²) in [6, 6.07) is 12.7. The van der Waals surface area contributed by atoms with Crippen LogP contribution in [0, 0.1) is 12.7 Å². The second-order valence-electron chi connectivity index (χ2n) is 4.75. The average molecular weight is 273 g/mol. The molecule has 3 heteroatoms. The van der Waals surface area contributed by atoms with Crippen molar-refractivity contribution in [2.24, 2.45) is 0 Å². The third-order valence-corrected chi connectivity index (χ3v) is 3.22. The molecule has 0 radical (unpaired) electrons. The lowest BCUT2D eigenvalue weighted by Crippen LogP contribution is -2.14. The maximum absolute atomic E-state index is 13.2. The smallest absolute Gasteiger partial charge is 0.126 e. The van der Waals surface area contributed by atoms with E-state index in [9.17, 15) is 4.39 Å². The molecule has 0 unspecified atom stereocenters. The molecule has 106 valence electrons. The predicted molar refractivity (Wildman–Crippen MR) is 79.3 cm³/mol. The first kappa shape index (κ1) is 14.5. The van der Waals surface area contributed by atoms with Crippen molar-refractivity contribution in [1.29, 1.82) is 0 Å². The molecule has 0 spiro atoms. The van der Waals surface area contributed by atoms with Gasteiger partial charge in [0, 0.05) is 12.6 Å². The molecule has 0 aliphatic carbocycles. The Morgan fingerprint density at radius 3 is 2.60 bits per heavy atom. The molecular formula is C17H20FNO. The van der Waals surface area contributed by atoms with E-state index in [1.54, 1.807) is 6.07 Å². The largest absolute Gasteiger partial charge is 0.489 e. The van der Waals surface area contributed by atoms with Crippen molar-refractivity contribution in [3.8, 4) is 5.75 Å². The Morgan fingerprint density at radius 1 is 1.10 bits per heavy atom. The second kappa shape index (κ2) is 7.06. The van der Waals surface area contributed by atoms with E-state index in [-0.39, 0.29) is 5.82 Å². The van der Waals surface area contributed by atoms with Gasteiger partial charge in [0.15, 0.2) is 0 Å². The molecule has 0 saturated carbocycles. The van der Waals surface area contributed by atoms with Crippen molar-refractivity contribution < 1.29 is 9.13 Å². The summed E-state index contributed by atoms with van der Waals surface area (Å²) in [5.41, 5.74) is 3.27. The molecule has 0 aliphatic heterocycles. The third-order valence-electron chi connectivity index (χ3n) is 3.22. The Hall–Kier alpha value is -1.87. The summed E-state index contributed by atoms with van der Waals surface area (Å²) < 4.78 is 19.0. The number of nitrogens with one attached hydrogen (secondary N) is 1. The van der Waals surface area contributed by atoms with Gasteiger partial charge in [-0.15, -0.1) is 0 Å². The number of benzene rings is 2. The van der Waals surface area contributed by atoms with Gasteiger partial charge in [-0.3, -0.25) is 0 Å². The van der Waals surface area contributed by atoms with Crippen LogP contribution in [0.25, 0.3) is 0 Å². The Labute approximate surface area is 119 Å². The van der Waals surface area contributed by atoms with Crippen molar-refractivity contribution >= 4 is 0 Å². The molecule has 2 nitrogen and oxygen atoms in total. The monoisotopic (exact) mass is 273 g/mol. The van der Waals surface area contributed by atoms with Gasteiger partial charge in [0.2, 0.25) is 0 Å². The SMILES string of the molecule is CCNCc1ccccc1COc1cc(F)ccc1C.